The molecule has 4 heteroatoms. The van der Waals surface area contributed by atoms with Crippen LogP contribution in [0.1, 0.15) is 5.56 Å². The van der Waals surface area contributed by atoms with Gasteiger partial charge in [0.2, 0.25) is 0 Å². The van der Waals surface area contributed by atoms with Gasteiger partial charge in [0.25, 0.3) is 5.56 Å². The summed E-state index contributed by atoms with van der Waals surface area (Å²) in [6, 6.07) is 11.8. The largest absolute Gasteiger partial charge is 0.308 e. The second-order valence-electron chi connectivity index (χ2n) is 4.91. The highest BCUT2D eigenvalue weighted by atomic mass is 16.1. The minimum absolute atomic E-state index is 0.0125. The van der Waals surface area contributed by atoms with Gasteiger partial charge in [-0.1, -0.05) is 30.3 Å². The van der Waals surface area contributed by atoms with E-state index in [1.165, 1.54) is 0 Å². The number of aryl methyl sites for hydroxylation is 1. The summed E-state index contributed by atoms with van der Waals surface area (Å²) in [5.74, 6) is 0. The maximum absolute atomic E-state index is 12.0. The molecule has 4 nitrogen and oxygen atoms in total. The van der Waals surface area contributed by atoms with Crippen LogP contribution in [0.3, 0.4) is 0 Å². The third kappa shape index (κ3) is 3.29. The lowest BCUT2D eigenvalue weighted by Crippen LogP contribution is -2.30. The molecule has 1 heterocycles. The van der Waals surface area contributed by atoms with Gasteiger partial charge in [-0.25, -0.2) is 4.68 Å². The van der Waals surface area contributed by atoms with Crippen molar-refractivity contribution in [1.82, 2.24) is 14.7 Å². The van der Waals surface area contributed by atoms with Gasteiger partial charge in [-0.05, 0) is 27.1 Å². The fourth-order valence-corrected chi connectivity index (χ4v) is 1.87. The minimum Gasteiger partial charge on any atom is -0.308 e. The van der Waals surface area contributed by atoms with E-state index in [1.54, 1.807) is 4.68 Å². The van der Waals surface area contributed by atoms with Crippen LogP contribution in [0, 0.1) is 6.92 Å². The molecule has 2 rings (SSSR count). The summed E-state index contributed by atoms with van der Waals surface area (Å²) in [7, 11) is 3.97. The predicted molar refractivity (Wildman–Crippen MR) is 77.2 cm³/mol. The number of rotatable bonds is 4. The maximum Gasteiger partial charge on any atom is 0.269 e. The van der Waals surface area contributed by atoms with Crippen molar-refractivity contribution < 1.29 is 0 Å². The summed E-state index contributed by atoms with van der Waals surface area (Å²) in [4.78, 5) is 14.1. The molecule has 0 saturated carbocycles. The van der Waals surface area contributed by atoms with Crippen LogP contribution in [-0.2, 0) is 6.54 Å². The molecule has 0 saturated heterocycles. The van der Waals surface area contributed by atoms with Crippen LogP contribution < -0.4 is 5.56 Å². The second-order valence-corrected chi connectivity index (χ2v) is 4.91. The molecule has 0 bridgehead atoms. The first-order valence-electron chi connectivity index (χ1n) is 6.37. The van der Waals surface area contributed by atoms with Gasteiger partial charge in [-0.3, -0.25) is 4.79 Å². The molecule has 0 N–H and O–H groups in total. The zero-order chi connectivity index (χ0) is 13.8. The van der Waals surface area contributed by atoms with Gasteiger partial charge in [0.05, 0.1) is 12.2 Å². The van der Waals surface area contributed by atoms with E-state index in [4.69, 9.17) is 0 Å². The fourth-order valence-electron chi connectivity index (χ4n) is 1.87. The molecule has 0 radical (unpaired) electrons. The first kappa shape index (κ1) is 13.5. The van der Waals surface area contributed by atoms with Crippen molar-refractivity contribution in [3.63, 3.8) is 0 Å². The summed E-state index contributed by atoms with van der Waals surface area (Å²) in [6.45, 7) is 3.24. The molecular formula is C15H19N3O. The van der Waals surface area contributed by atoms with Crippen molar-refractivity contribution in [1.29, 1.82) is 0 Å². The summed E-state index contributed by atoms with van der Waals surface area (Å²) in [6.07, 6.45) is 0. The molecule has 100 valence electrons. The van der Waals surface area contributed by atoms with Crippen LogP contribution in [0.5, 0.6) is 0 Å². The molecule has 0 fully saturated rings. The highest BCUT2D eigenvalue weighted by molar-refractivity contribution is 5.58. The lowest BCUT2D eigenvalue weighted by Gasteiger charge is -2.12. The van der Waals surface area contributed by atoms with Crippen molar-refractivity contribution in [2.75, 3.05) is 20.6 Å². The van der Waals surface area contributed by atoms with Crippen LogP contribution >= 0.6 is 0 Å². The average molecular weight is 257 g/mol. The fraction of sp³-hybridized carbons (Fsp3) is 0.333. The van der Waals surface area contributed by atoms with E-state index in [2.05, 4.69) is 5.10 Å². The molecular weight excluding hydrogens is 238 g/mol. The Balaban J connectivity index is 2.39. The van der Waals surface area contributed by atoms with Crippen molar-refractivity contribution in [3.05, 3.63) is 52.3 Å². The normalized spacial score (nSPS) is 10.9. The number of benzene rings is 1. The molecule has 0 aliphatic carbocycles. The lowest BCUT2D eigenvalue weighted by atomic mass is 10.1. The molecule has 0 amide bonds. The first-order chi connectivity index (χ1) is 9.08. The smallest absolute Gasteiger partial charge is 0.269 e. The van der Waals surface area contributed by atoms with Gasteiger partial charge in [0.1, 0.15) is 0 Å². The quantitative estimate of drug-likeness (QED) is 0.838. The van der Waals surface area contributed by atoms with E-state index in [0.29, 0.717) is 6.54 Å². The molecule has 0 atom stereocenters. The third-order valence-electron chi connectivity index (χ3n) is 2.98. The Labute approximate surface area is 113 Å². The van der Waals surface area contributed by atoms with Gasteiger partial charge >= 0.3 is 0 Å². The van der Waals surface area contributed by atoms with E-state index in [0.717, 1.165) is 23.4 Å². The number of aromatic nitrogens is 2. The van der Waals surface area contributed by atoms with Crippen LogP contribution in [0.2, 0.25) is 0 Å². The van der Waals surface area contributed by atoms with Crippen LogP contribution in [-0.4, -0.2) is 35.3 Å². The van der Waals surface area contributed by atoms with E-state index >= 15 is 0 Å². The van der Waals surface area contributed by atoms with Gasteiger partial charge in [0.15, 0.2) is 0 Å². The Kier molecular flexibility index (Phi) is 4.12. The number of likely N-dealkylation sites (N-methyl/N-ethyl adjacent to an activating group) is 1. The highest BCUT2D eigenvalue weighted by Crippen LogP contribution is 2.15. The van der Waals surface area contributed by atoms with E-state index in [1.807, 2.05) is 62.3 Å². The minimum atomic E-state index is -0.0125. The zero-order valence-corrected chi connectivity index (χ0v) is 11.6. The molecule has 0 unspecified atom stereocenters. The van der Waals surface area contributed by atoms with E-state index in [-0.39, 0.29) is 5.56 Å². The van der Waals surface area contributed by atoms with Gasteiger partial charge < -0.3 is 4.90 Å². The van der Waals surface area contributed by atoms with Crippen LogP contribution in [0.15, 0.2) is 41.2 Å². The number of hydrogen-bond donors (Lipinski definition) is 0. The third-order valence-corrected chi connectivity index (χ3v) is 2.98. The van der Waals surface area contributed by atoms with Gasteiger partial charge in [-0.15, -0.1) is 0 Å². The molecule has 0 spiro atoms. The predicted octanol–water partition coefficient (Wildman–Crippen LogP) is 1.78. The highest BCUT2D eigenvalue weighted by Gasteiger charge is 2.07. The Hall–Kier alpha value is -1.94. The zero-order valence-electron chi connectivity index (χ0n) is 11.6. The van der Waals surface area contributed by atoms with Crippen molar-refractivity contribution in [2.45, 2.75) is 13.5 Å². The second kappa shape index (κ2) is 5.80. The average Bonchev–Trinajstić information content (AvgIpc) is 2.41. The first-order valence-corrected chi connectivity index (χ1v) is 6.37. The topological polar surface area (TPSA) is 38.1 Å². The molecule has 0 aliphatic rings. The molecule has 0 aliphatic heterocycles. The van der Waals surface area contributed by atoms with Gasteiger partial charge in [0, 0.05) is 17.7 Å². The Bertz CT molecular complexity index is 603. The molecule has 2 aromatic rings. The van der Waals surface area contributed by atoms with Gasteiger partial charge in [-0.2, -0.15) is 5.10 Å². The van der Waals surface area contributed by atoms with Crippen molar-refractivity contribution in [2.24, 2.45) is 0 Å². The van der Waals surface area contributed by atoms with E-state index in [9.17, 15) is 4.79 Å². The maximum atomic E-state index is 12.0. The monoisotopic (exact) mass is 257 g/mol. The summed E-state index contributed by atoms with van der Waals surface area (Å²) >= 11 is 0. The Morgan fingerprint density at radius 3 is 2.53 bits per heavy atom. The lowest BCUT2D eigenvalue weighted by molar-refractivity contribution is 0.367. The van der Waals surface area contributed by atoms with Crippen LogP contribution in [0.4, 0.5) is 0 Å². The molecule has 19 heavy (non-hydrogen) atoms. The number of hydrogen-bond acceptors (Lipinski definition) is 3. The summed E-state index contributed by atoms with van der Waals surface area (Å²) in [5, 5.41) is 4.45. The van der Waals surface area contributed by atoms with E-state index < -0.39 is 0 Å². The van der Waals surface area contributed by atoms with Crippen molar-refractivity contribution in [3.8, 4) is 11.3 Å². The number of nitrogens with zero attached hydrogens (tertiary/aromatic N) is 3. The Morgan fingerprint density at radius 2 is 1.89 bits per heavy atom. The SMILES string of the molecule is Cc1cc(-c2ccccc2)nn(CCN(C)C)c1=O. The van der Waals surface area contributed by atoms with Crippen LogP contribution in [0.25, 0.3) is 11.3 Å². The van der Waals surface area contributed by atoms with Crippen molar-refractivity contribution >= 4 is 0 Å². The summed E-state index contributed by atoms with van der Waals surface area (Å²) in [5.41, 5.74) is 2.59. The Morgan fingerprint density at radius 1 is 1.21 bits per heavy atom. The standard InChI is InChI=1S/C15H19N3O/c1-12-11-14(13-7-5-4-6-8-13)16-18(15(12)19)10-9-17(2)3/h4-8,11H,9-10H2,1-3H3. The molecule has 1 aromatic heterocycles. The molecule has 1 aromatic carbocycles. The summed E-state index contributed by atoms with van der Waals surface area (Å²) < 4.78 is 1.55.